The number of carbonyl (C=O) groups excluding carboxylic acids is 3. The molecule has 1 heterocycles. The van der Waals surface area contributed by atoms with Gasteiger partial charge in [0.1, 0.15) is 11.5 Å². The van der Waals surface area contributed by atoms with Crippen LogP contribution in [0.15, 0.2) is 77.4 Å². The maximum Gasteiger partial charge on any atom is 0.255 e. The molecule has 0 spiro atoms. The summed E-state index contributed by atoms with van der Waals surface area (Å²) in [7, 11) is 1.53. The van der Waals surface area contributed by atoms with Crippen LogP contribution in [0.2, 0.25) is 0 Å². The summed E-state index contributed by atoms with van der Waals surface area (Å²) in [6.45, 7) is 0.187. The Morgan fingerprint density at radius 2 is 1.75 bits per heavy atom. The average Bonchev–Trinajstić information content (AvgIpc) is 3.32. The van der Waals surface area contributed by atoms with Gasteiger partial charge in [0, 0.05) is 30.3 Å². The Hall–Kier alpha value is -4.33. The minimum absolute atomic E-state index is 0.108. The van der Waals surface area contributed by atoms with Crippen LogP contribution in [0.1, 0.15) is 22.5 Å². The van der Waals surface area contributed by atoms with Crippen LogP contribution in [-0.4, -0.2) is 31.4 Å². The molecule has 0 saturated carbocycles. The van der Waals surface area contributed by atoms with Gasteiger partial charge in [0.05, 0.1) is 19.1 Å². The van der Waals surface area contributed by atoms with E-state index in [1.54, 1.807) is 60.7 Å². The quantitative estimate of drug-likeness (QED) is 0.446. The molecule has 0 bridgehead atoms. The molecule has 1 aromatic heterocycles. The van der Waals surface area contributed by atoms with Gasteiger partial charge in [0.25, 0.3) is 5.91 Å². The number of hydrogen-bond acceptors (Lipinski definition) is 5. The second-order valence-electron chi connectivity index (χ2n) is 6.67. The van der Waals surface area contributed by atoms with Gasteiger partial charge in [-0.05, 0) is 54.6 Å². The van der Waals surface area contributed by atoms with Gasteiger partial charge in [-0.15, -0.1) is 0 Å². The topological polar surface area (TPSA) is 110 Å². The van der Waals surface area contributed by atoms with Crippen molar-refractivity contribution in [3.05, 3.63) is 84.3 Å². The number of rotatable bonds is 9. The van der Waals surface area contributed by atoms with Crippen LogP contribution < -0.4 is 20.7 Å². The third-order valence-electron chi connectivity index (χ3n) is 4.38. The largest absolute Gasteiger partial charge is 0.495 e. The molecule has 3 rings (SSSR count). The normalized spacial score (nSPS) is 10.5. The smallest absolute Gasteiger partial charge is 0.255 e. The number of nitrogens with one attached hydrogen (secondary N) is 3. The molecule has 3 amide bonds. The summed E-state index contributed by atoms with van der Waals surface area (Å²) in [6, 6.07) is 17.1. The zero-order valence-corrected chi connectivity index (χ0v) is 17.5. The number of anilines is 2. The lowest BCUT2D eigenvalue weighted by atomic mass is 10.2. The Kier molecular flexibility index (Phi) is 7.80. The highest BCUT2D eigenvalue weighted by Gasteiger charge is 2.10. The Labute approximate surface area is 185 Å². The number of hydrogen-bond donors (Lipinski definition) is 3. The lowest BCUT2D eigenvalue weighted by Crippen LogP contribution is -2.26. The first kappa shape index (κ1) is 22.4. The van der Waals surface area contributed by atoms with Gasteiger partial charge in [0.2, 0.25) is 11.8 Å². The van der Waals surface area contributed by atoms with E-state index in [-0.39, 0.29) is 30.7 Å². The van der Waals surface area contributed by atoms with Crippen LogP contribution in [0.4, 0.5) is 11.4 Å². The summed E-state index contributed by atoms with van der Waals surface area (Å²) in [4.78, 5) is 36.3. The number of carbonyl (C=O) groups is 3. The van der Waals surface area contributed by atoms with Gasteiger partial charge in [0.15, 0.2) is 0 Å². The highest BCUT2D eigenvalue weighted by molar-refractivity contribution is 6.05. The summed E-state index contributed by atoms with van der Waals surface area (Å²) >= 11 is 0. The molecule has 32 heavy (non-hydrogen) atoms. The van der Waals surface area contributed by atoms with Crippen molar-refractivity contribution in [3.63, 3.8) is 0 Å². The zero-order chi connectivity index (χ0) is 22.8. The number of amides is 3. The summed E-state index contributed by atoms with van der Waals surface area (Å²) in [5, 5.41) is 8.15. The molecule has 2 aromatic carbocycles. The summed E-state index contributed by atoms with van der Waals surface area (Å²) in [5.41, 5.74) is 1.55. The monoisotopic (exact) mass is 433 g/mol. The van der Waals surface area contributed by atoms with E-state index in [9.17, 15) is 14.4 Å². The van der Waals surface area contributed by atoms with Gasteiger partial charge in [-0.25, -0.2) is 0 Å². The van der Waals surface area contributed by atoms with Crippen molar-refractivity contribution < 1.29 is 23.5 Å². The molecular formula is C24H23N3O5. The van der Waals surface area contributed by atoms with E-state index in [2.05, 4.69) is 16.0 Å². The molecule has 3 N–H and O–H groups in total. The Morgan fingerprint density at radius 3 is 2.47 bits per heavy atom. The van der Waals surface area contributed by atoms with Gasteiger partial charge in [-0.3, -0.25) is 14.4 Å². The third kappa shape index (κ3) is 6.60. The number of para-hydroxylation sites is 2. The van der Waals surface area contributed by atoms with Crippen molar-refractivity contribution in [2.24, 2.45) is 0 Å². The van der Waals surface area contributed by atoms with E-state index in [0.29, 0.717) is 28.4 Å². The fraction of sp³-hybridized carbons (Fsp3) is 0.125. The zero-order valence-electron chi connectivity index (χ0n) is 17.5. The predicted octanol–water partition coefficient (Wildman–Crippen LogP) is 3.70. The van der Waals surface area contributed by atoms with Crippen molar-refractivity contribution >= 4 is 35.2 Å². The standard InChI is InChI=1S/C24H23N3O5/c1-31-21-7-3-2-6-20(21)27-24(30)17-8-10-18(11-9-17)26-23(29)14-15-25-22(28)13-12-19-5-4-16-32-19/h2-13,16H,14-15H2,1H3,(H,25,28)(H,26,29)(H,27,30)/b13-12+. The van der Waals surface area contributed by atoms with Gasteiger partial charge in [-0.1, -0.05) is 12.1 Å². The third-order valence-corrected chi connectivity index (χ3v) is 4.38. The van der Waals surface area contributed by atoms with E-state index in [1.807, 2.05) is 6.07 Å². The fourth-order valence-electron chi connectivity index (χ4n) is 2.77. The Bertz CT molecular complexity index is 1090. The maximum absolute atomic E-state index is 12.4. The molecule has 3 aromatic rings. The minimum Gasteiger partial charge on any atom is -0.495 e. The molecule has 0 unspecified atom stereocenters. The van der Waals surface area contributed by atoms with Crippen molar-refractivity contribution in [2.45, 2.75) is 6.42 Å². The molecule has 8 nitrogen and oxygen atoms in total. The first-order valence-corrected chi connectivity index (χ1v) is 9.89. The van der Waals surface area contributed by atoms with Crippen molar-refractivity contribution in [3.8, 4) is 5.75 Å². The highest BCUT2D eigenvalue weighted by atomic mass is 16.5. The van der Waals surface area contributed by atoms with E-state index < -0.39 is 0 Å². The summed E-state index contributed by atoms with van der Waals surface area (Å²) in [5.74, 6) is 0.259. The second kappa shape index (κ2) is 11.2. The lowest BCUT2D eigenvalue weighted by Gasteiger charge is -2.10. The fourth-order valence-corrected chi connectivity index (χ4v) is 2.77. The molecule has 8 heteroatoms. The van der Waals surface area contributed by atoms with Crippen LogP contribution in [0.3, 0.4) is 0 Å². The van der Waals surface area contributed by atoms with Crippen LogP contribution in [0.5, 0.6) is 5.75 Å². The van der Waals surface area contributed by atoms with Crippen molar-refractivity contribution in [1.82, 2.24) is 5.32 Å². The Balaban J connectivity index is 1.44. The molecule has 0 aliphatic carbocycles. The summed E-state index contributed by atoms with van der Waals surface area (Å²) < 4.78 is 10.3. The molecule has 0 aliphatic rings. The van der Waals surface area contributed by atoms with Crippen molar-refractivity contribution in [2.75, 3.05) is 24.3 Å². The summed E-state index contributed by atoms with van der Waals surface area (Å²) in [6.07, 6.45) is 4.50. The van der Waals surface area contributed by atoms with E-state index >= 15 is 0 Å². The first-order valence-electron chi connectivity index (χ1n) is 9.89. The first-order chi connectivity index (χ1) is 15.5. The maximum atomic E-state index is 12.4. The van der Waals surface area contributed by atoms with Crippen molar-refractivity contribution in [1.29, 1.82) is 0 Å². The van der Waals surface area contributed by atoms with E-state index in [4.69, 9.17) is 9.15 Å². The van der Waals surface area contributed by atoms with Crippen LogP contribution in [0, 0.1) is 0 Å². The van der Waals surface area contributed by atoms with Gasteiger partial charge >= 0.3 is 0 Å². The average molecular weight is 433 g/mol. The van der Waals surface area contributed by atoms with Gasteiger partial charge in [-0.2, -0.15) is 0 Å². The van der Waals surface area contributed by atoms with E-state index in [0.717, 1.165) is 0 Å². The van der Waals surface area contributed by atoms with Crippen LogP contribution >= 0.6 is 0 Å². The minimum atomic E-state index is -0.320. The molecular weight excluding hydrogens is 410 g/mol. The number of ether oxygens (including phenoxy) is 1. The van der Waals surface area contributed by atoms with E-state index in [1.165, 1.54) is 19.4 Å². The number of methoxy groups -OCH3 is 1. The molecule has 0 saturated heterocycles. The second-order valence-corrected chi connectivity index (χ2v) is 6.67. The number of benzene rings is 2. The van der Waals surface area contributed by atoms with Crippen LogP contribution in [-0.2, 0) is 9.59 Å². The Morgan fingerprint density at radius 1 is 0.969 bits per heavy atom. The molecule has 0 atom stereocenters. The molecule has 0 fully saturated rings. The lowest BCUT2D eigenvalue weighted by molar-refractivity contribution is -0.117. The molecule has 0 aliphatic heterocycles. The van der Waals surface area contributed by atoms with Crippen LogP contribution in [0.25, 0.3) is 6.08 Å². The predicted molar refractivity (Wildman–Crippen MR) is 121 cm³/mol. The van der Waals surface area contributed by atoms with Gasteiger partial charge < -0.3 is 25.1 Å². The highest BCUT2D eigenvalue weighted by Crippen LogP contribution is 2.23. The number of furan rings is 1. The molecule has 164 valence electrons. The molecule has 0 radical (unpaired) electrons. The SMILES string of the molecule is COc1ccccc1NC(=O)c1ccc(NC(=O)CCNC(=O)/C=C/c2ccco2)cc1.